The lowest BCUT2D eigenvalue weighted by atomic mass is 10.2. The molecule has 0 bridgehead atoms. The number of ether oxygens (including phenoxy) is 1. The molecule has 0 unspecified atom stereocenters. The second-order valence-electron chi connectivity index (χ2n) is 3.91. The van der Waals surface area contributed by atoms with E-state index in [0.717, 1.165) is 11.3 Å². The van der Waals surface area contributed by atoms with E-state index in [1.54, 1.807) is 19.3 Å². The molecule has 0 aliphatic heterocycles. The Morgan fingerprint density at radius 2 is 2.32 bits per heavy atom. The topological polar surface area (TPSA) is 49.8 Å². The molecule has 4 heteroatoms. The van der Waals surface area contributed by atoms with Crippen LogP contribution in [-0.2, 0) is 4.79 Å². The van der Waals surface area contributed by atoms with Crippen LogP contribution in [0.5, 0.6) is 5.75 Å². The number of rotatable bonds is 7. The van der Waals surface area contributed by atoms with Gasteiger partial charge in [0.15, 0.2) is 0 Å². The molecule has 0 heterocycles. The van der Waals surface area contributed by atoms with Crippen LogP contribution in [0.1, 0.15) is 5.56 Å². The average Bonchev–Trinajstić information content (AvgIpc) is 2.44. The van der Waals surface area contributed by atoms with Crippen LogP contribution in [0.2, 0.25) is 0 Å². The van der Waals surface area contributed by atoms with Crippen LogP contribution in [0, 0.1) is 0 Å². The van der Waals surface area contributed by atoms with E-state index < -0.39 is 0 Å². The molecular formula is C15H19NO3. The second kappa shape index (κ2) is 8.11. The number of hydrogen-bond donors (Lipinski definition) is 1. The number of carbonyl (C=O) groups excluding carboxylic acids is 1. The molecule has 0 spiro atoms. The summed E-state index contributed by atoms with van der Waals surface area (Å²) in [6.45, 7) is 4.24. The number of hydrogen-bond acceptors (Lipinski definition) is 3. The van der Waals surface area contributed by atoms with Crippen molar-refractivity contribution in [1.29, 1.82) is 0 Å². The first kappa shape index (κ1) is 15.0. The second-order valence-corrected chi connectivity index (χ2v) is 3.91. The first-order chi connectivity index (χ1) is 9.21. The molecule has 4 nitrogen and oxygen atoms in total. The van der Waals surface area contributed by atoms with E-state index in [2.05, 4.69) is 6.58 Å². The number of carbonyl (C=O) groups is 1. The molecule has 0 saturated heterocycles. The lowest BCUT2D eigenvalue weighted by Gasteiger charge is -2.17. The molecule has 0 aromatic heterocycles. The van der Waals surface area contributed by atoms with Crippen molar-refractivity contribution in [2.24, 2.45) is 0 Å². The van der Waals surface area contributed by atoms with E-state index in [1.807, 2.05) is 24.3 Å². The first-order valence-corrected chi connectivity index (χ1v) is 6.04. The highest BCUT2D eigenvalue weighted by molar-refractivity contribution is 5.91. The monoisotopic (exact) mass is 261 g/mol. The minimum atomic E-state index is -0.156. The smallest absolute Gasteiger partial charge is 0.246 e. The third-order valence-corrected chi connectivity index (χ3v) is 2.54. The maximum atomic E-state index is 11.9. The Morgan fingerprint density at radius 3 is 2.95 bits per heavy atom. The maximum absolute atomic E-state index is 11.9. The molecule has 1 N–H and O–H groups in total. The quantitative estimate of drug-likeness (QED) is 0.600. The minimum Gasteiger partial charge on any atom is -0.497 e. The number of benzene rings is 1. The highest BCUT2D eigenvalue weighted by atomic mass is 16.5. The highest BCUT2D eigenvalue weighted by Crippen LogP contribution is 2.13. The van der Waals surface area contributed by atoms with Gasteiger partial charge in [0.1, 0.15) is 5.75 Å². The van der Waals surface area contributed by atoms with Crippen LogP contribution in [0.25, 0.3) is 6.08 Å². The summed E-state index contributed by atoms with van der Waals surface area (Å²) in [5.41, 5.74) is 0.884. The maximum Gasteiger partial charge on any atom is 0.246 e. The van der Waals surface area contributed by atoms with Gasteiger partial charge in [0.05, 0.1) is 13.7 Å². The largest absolute Gasteiger partial charge is 0.497 e. The molecule has 0 fully saturated rings. The molecule has 19 heavy (non-hydrogen) atoms. The van der Waals surface area contributed by atoms with Gasteiger partial charge in [-0.1, -0.05) is 18.2 Å². The van der Waals surface area contributed by atoms with Crippen LogP contribution in [-0.4, -0.2) is 42.7 Å². The van der Waals surface area contributed by atoms with Crippen LogP contribution < -0.4 is 4.74 Å². The lowest BCUT2D eigenvalue weighted by Crippen LogP contribution is -2.32. The number of amides is 1. The Balaban J connectivity index is 2.72. The zero-order valence-electron chi connectivity index (χ0n) is 11.1. The Hall–Kier alpha value is -2.07. The summed E-state index contributed by atoms with van der Waals surface area (Å²) in [5, 5.41) is 8.90. The van der Waals surface area contributed by atoms with E-state index in [9.17, 15) is 4.79 Å². The highest BCUT2D eigenvalue weighted by Gasteiger charge is 2.07. The fourth-order valence-corrected chi connectivity index (χ4v) is 1.59. The third-order valence-electron chi connectivity index (χ3n) is 2.54. The molecule has 0 aliphatic rings. The van der Waals surface area contributed by atoms with Crippen LogP contribution in [0.3, 0.4) is 0 Å². The number of aliphatic hydroxyl groups is 1. The van der Waals surface area contributed by atoms with Gasteiger partial charge in [0.25, 0.3) is 0 Å². The summed E-state index contributed by atoms with van der Waals surface area (Å²) < 4.78 is 5.11. The fourth-order valence-electron chi connectivity index (χ4n) is 1.59. The summed E-state index contributed by atoms with van der Waals surface area (Å²) >= 11 is 0. The van der Waals surface area contributed by atoms with Crippen molar-refractivity contribution in [2.75, 3.05) is 26.8 Å². The van der Waals surface area contributed by atoms with Crippen molar-refractivity contribution in [2.45, 2.75) is 0 Å². The molecule has 0 atom stereocenters. The molecule has 1 aromatic carbocycles. The van der Waals surface area contributed by atoms with Crippen LogP contribution >= 0.6 is 0 Å². The van der Waals surface area contributed by atoms with Crippen LogP contribution in [0.15, 0.2) is 43.0 Å². The third kappa shape index (κ3) is 4.97. The van der Waals surface area contributed by atoms with Gasteiger partial charge in [0, 0.05) is 19.2 Å². The van der Waals surface area contributed by atoms with Gasteiger partial charge in [0.2, 0.25) is 5.91 Å². The number of aliphatic hydroxyl groups excluding tert-OH is 1. The zero-order chi connectivity index (χ0) is 14.1. The van der Waals surface area contributed by atoms with E-state index in [0.29, 0.717) is 13.1 Å². The van der Waals surface area contributed by atoms with E-state index in [-0.39, 0.29) is 12.5 Å². The van der Waals surface area contributed by atoms with Crippen LogP contribution in [0.4, 0.5) is 0 Å². The fraction of sp³-hybridized carbons (Fsp3) is 0.267. The summed E-state index contributed by atoms with van der Waals surface area (Å²) in [6, 6.07) is 7.43. The van der Waals surface area contributed by atoms with E-state index >= 15 is 0 Å². The van der Waals surface area contributed by atoms with Gasteiger partial charge in [-0.15, -0.1) is 6.58 Å². The molecule has 0 aliphatic carbocycles. The standard InChI is InChI=1S/C15H19NO3/c1-3-9-16(10-11-17)15(18)8-7-13-5-4-6-14(12-13)19-2/h3-8,12,17H,1,9-11H2,2H3/b8-7+. The Morgan fingerprint density at radius 1 is 1.53 bits per heavy atom. The lowest BCUT2D eigenvalue weighted by molar-refractivity contribution is -0.125. The summed E-state index contributed by atoms with van der Waals surface area (Å²) in [6.07, 6.45) is 4.83. The zero-order valence-corrected chi connectivity index (χ0v) is 11.1. The first-order valence-electron chi connectivity index (χ1n) is 6.04. The molecular weight excluding hydrogens is 242 g/mol. The Labute approximate surface area is 113 Å². The summed E-state index contributed by atoms with van der Waals surface area (Å²) in [5.74, 6) is 0.588. The van der Waals surface area contributed by atoms with Gasteiger partial charge in [-0.05, 0) is 23.8 Å². The molecule has 0 radical (unpaired) electrons. The Bertz CT molecular complexity index is 454. The molecule has 1 rings (SSSR count). The van der Waals surface area contributed by atoms with Gasteiger partial charge >= 0.3 is 0 Å². The van der Waals surface area contributed by atoms with E-state index in [4.69, 9.17) is 9.84 Å². The normalized spacial score (nSPS) is 10.4. The molecule has 1 amide bonds. The average molecular weight is 261 g/mol. The van der Waals surface area contributed by atoms with Crippen molar-refractivity contribution < 1.29 is 14.6 Å². The molecule has 102 valence electrons. The molecule has 1 aromatic rings. The SMILES string of the molecule is C=CCN(CCO)C(=O)/C=C/c1cccc(OC)c1. The van der Waals surface area contributed by atoms with Crippen molar-refractivity contribution >= 4 is 12.0 Å². The predicted molar refractivity (Wildman–Crippen MR) is 75.9 cm³/mol. The van der Waals surface area contributed by atoms with Gasteiger partial charge < -0.3 is 14.7 Å². The van der Waals surface area contributed by atoms with Crippen molar-refractivity contribution in [3.8, 4) is 5.75 Å². The van der Waals surface area contributed by atoms with Crippen molar-refractivity contribution in [3.05, 3.63) is 48.6 Å². The summed E-state index contributed by atoms with van der Waals surface area (Å²) in [7, 11) is 1.60. The minimum absolute atomic E-state index is 0.0629. The molecule has 0 saturated carbocycles. The predicted octanol–water partition coefficient (Wildman–Crippen LogP) is 1.72. The van der Waals surface area contributed by atoms with Crippen molar-refractivity contribution in [3.63, 3.8) is 0 Å². The summed E-state index contributed by atoms with van der Waals surface area (Å²) in [4.78, 5) is 13.4. The van der Waals surface area contributed by atoms with Crippen molar-refractivity contribution in [1.82, 2.24) is 4.90 Å². The number of methoxy groups -OCH3 is 1. The van der Waals surface area contributed by atoms with Gasteiger partial charge in [-0.3, -0.25) is 4.79 Å². The van der Waals surface area contributed by atoms with Gasteiger partial charge in [-0.25, -0.2) is 0 Å². The van der Waals surface area contributed by atoms with Gasteiger partial charge in [-0.2, -0.15) is 0 Å². The van der Waals surface area contributed by atoms with E-state index in [1.165, 1.54) is 11.0 Å². The number of nitrogens with zero attached hydrogens (tertiary/aromatic N) is 1. The Kier molecular flexibility index (Phi) is 6.39.